The average molecular weight is 516 g/mol. The van der Waals surface area contributed by atoms with Gasteiger partial charge in [0, 0.05) is 37.3 Å². The van der Waals surface area contributed by atoms with Crippen LogP contribution >= 0.6 is 23.4 Å². The number of hydrogen-bond acceptors (Lipinski definition) is 7. The molecule has 1 amide bonds. The minimum absolute atomic E-state index is 0.0548. The molecule has 0 spiro atoms. The van der Waals surface area contributed by atoms with Crippen molar-refractivity contribution in [3.05, 3.63) is 52.8 Å². The van der Waals surface area contributed by atoms with E-state index >= 15 is 4.39 Å². The van der Waals surface area contributed by atoms with E-state index < -0.39 is 6.17 Å². The van der Waals surface area contributed by atoms with Crippen molar-refractivity contribution in [1.82, 2.24) is 20.2 Å². The van der Waals surface area contributed by atoms with E-state index in [0.717, 1.165) is 39.4 Å². The Bertz CT molecular complexity index is 1250. The van der Waals surface area contributed by atoms with Gasteiger partial charge in [0.2, 0.25) is 5.91 Å². The van der Waals surface area contributed by atoms with Gasteiger partial charge in [-0.15, -0.1) is 11.8 Å². The number of methoxy groups -OCH3 is 1. The molecule has 0 aliphatic carbocycles. The topological polar surface area (TPSA) is 79.4 Å². The normalized spacial score (nSPS) is 20.1. The number of aromatic nitrogens is 2. The number of nitrogens with one attached hydrogen (secondary N) is 2. The summed E-state index contributed by atoms with van der Waals surface area (Å²) < 4.78 is 20.5. The Kier molecular flexibility index (Phi) is 7.38. The number of amides is 1. The lowest BCUT2D eigenvalue weighted by Gasteiger charge is -2.37. The van der Waals surface area contributed by atoms with E-state index in [0.29, 0.717) is 49.1 Å². The van der Waals surface area contributed by atoms with Gasteiger partial charge in [-0.3, -0.25) is 14.7 Å². The highest BCUT2D eigenvalue weighted by Crippen LogP contribution is 2.31. The Hall–Kier alpha value is -2.46. The zero-order valence-electron chi connectivity index (χ0n) is 19.4. The molecule has 2 atom stereocenters. The van der Waals surface area contributed by atoms with Crippen LogP contribution in [0.3, 0.4) is 0 Å². The maximum absolute atomic E-state index is 15.0. The first-order valence-corrected chi connectivity index (χ1v) is 13.0. The monoisotopic (exact) mass is 515 g/mol. The van der Waals surface area contributed by atoms with Crippen LogP contribution in [0.25, 0.3) is 10.9 Å². The standard InChI is InChI=1S/C25H27ClFN5O2S/c1-34-16-3-4-21-18(10-16)17(19(26)11-29-21)7-9-32(22-6-8-28-12-20(22)27)13-15-2-5-23-25(30-15)31-24(33)14-35-23/h2-5,10-11,20,22,28H,6-9,12-14H2,1H3,(H,30,31,33). The highest BCUT2D eigenvalue weighted by molar-refractivity contribution is 8.00. The Morgan fingerprint density at radius 1 is 1.31 bits per heavy atom. The summed E-state index contributed by atoms with van der Waals surface area (Å²) in [5, 5.41) is 7.50. The summed E-state index contributed by atoms with van der Waals surface area (Å²) in [6.45, 7) is 2.17. The molecule has 1 aromatic carbocycles. The Morgan fingerprint density at radius 2 is 2.20 bits per heavy atom. The lowest BCUT2D eigenvalue weighted by molar-refractivity contribution is -0.113. The van der Waals surface area contributed by atoms with Crippen molar-refractivity contribution < 1.29 is 13.9 Å². The van der Waals surface area contributed by atoms with E-state index in [-0.39, 0.29) is 11.9 Å². The third-order valence-electron chi connectivity index (χ3n) is 6.52. The van der Waals surface area contributed by atoms with E-state index in [1.165, 1.54) is 11.8 Å². The summed E-state index contributed by atoms with van der Waals surface area (Å²) in [5.74, 6) is 1.66. The Morgan fingerprint density at radius 3 is 3.03 bits per heavy atom. The van der Waals surface area contributed by atoms with E-state index in [4.69, 9.17) is 16.3 Å². The van der Waals surface area contributed by atoms with Crippen molar-refractivity contribution in [2.45, 2.75) is 36.5 Å². The lowest BCUT2D eigenvalue weighted by atomic mass is 10.0. The van der Waals surface area contributed by atoms with Crippen molar-refractivity contribution in [1.29, 1.82) is 0 Å². The fourth-order valence-corrected chi connectivity index (χ4v) is 5.72. The van der Waals surface area contributed by atoms with Crippen LogP contribution in [0.2, 0.25) is 5.02 Å². The van der Waals surface area contributed by atoms with Crippen LogP contribution in [0, 0.1) is 0 Å². The number of thioether (sulfide) groups is 1. The van der Waals surface area contributed by atoms with Crippen LogP contribution in [-0.2, 0) is 17.8 Å². The minimum Gasteiger partial charge on any atom is -0.497 e. The molecule has 7 nitrogen and oxygen atoms in total. The zero-order chi connectivity index (χ0) is 24.4. The van der Waals surface area contributed by atoms with Gasteiger partial charge in [0.25, 0.3) is 0 Å². The zero-order valence-corrected chi connectivity index (χ0v) is 21.0. The maximum atomic E-state index is 15.0. The minimum atomic E-state index is -0.985. The number of carbonyl (C=O) groups is 1. The van der Waals surface area contributed by atoms with Crippen molar-refractivity contribution in [2.75, 3.05) is 37.8 Å². The Labute approximate surface area is 212 Å². The second-order valence-electron chi connectivity index (χ2n) is 8.75. The number of nitrogens with zero attached hydrogens (tertiary/aromatic N) is 3. The van der Waals surface area contributed by atoms with Gasteiger partial charge in [0.15, 0.2) is 0 Å². The van der Waals surface area contributed by atoms with Gasteiger partial charge in [0.1, 0.15) is 17.7 Å². The number of halogens is 2. The number of fused-ring (bicyclic) bond motifs is 2. The molecule has 184 valence electrons. The molecule has 2 aromatic heterocycles. The van der Waals surface area contributed by atoms with Crippen LogP contribution in [-0.4, -0.2) is 65.5 Å². The summed E-state index contributed by atoms with van der Waals surface area (Å²) in [6.07, 6.45) is 2.02. The molecular formula is C25H27ClFN5O2S. The van der Waals surface area contributed by atoms with Gasteiger partial charge >= 0.3 is 0 Å². The molecule has 10 heteroatoms. The largest absolute Gasteiger partial charge is 0.497 e. The smallest absolute Gasteiger partial charge is 0.235 e. The number of pyridine rings is 2. The highest BCUT2D eigenvalue weighted by atomic mass is 35.5. The van der Waals surface area contributed by atoms with Gasteiger partial charge in [-0.1, -0.05) is 11.6 Å². The molecule has 1 fully saturated rings. The van der Waals surface area contributed by atoms with Gasteiger partial charge in [-0.05, 0) is 55.3 Å². The Balaban J connectivity index is 1.42. The fraction of sp³-hybridized carbons (Fsp3) is 0.400. The fourth-order valence-electron chi connectivity index (χ4n) is 4.72. The first-order valence-electron chi connectivity index (χ1n) is 11.6. The molecule has 2 N–H and O–H groups in total. The molecule has 2 aliphatic rings. The quantitative estimate of drug-likeness (QED) is 0.491. The molecular weight excluding hydrogens is 489 g/mol. The summed E-state index contributed by atoms with van der Waals surface area (Å²) in [5.41, 5.74) is 2.60. The molecule has 0 saturated carbocycles. The number of ether oxygens (including phenoxy) is 1. The maximum Gasteiger partial charge on any atom is 0.235 e. The number of hydrogen-bond donors (Lipinski definition) is 2. The average Bonchev–Trinajstić information content (AvgIpc) is 2.87. The number of rotatable bonds is 7. The van der Waals surface area contributed by atoms with E-state index in [2.05, 4.69) is 25.5 Å². The first-order chi connectivity index (χ1) is 17.0. The number of anilines is 1. The van der Waals surface area contributed by atoms with Crippen LogP contribution in [0.15, 0.2) is 41.4 Å². The molecule has 2 unspecified atom stereocenters. The molecule has 1 saturated heterocycles. The van der Waals surface area contributed by atoms with Crippen molar-refractivity contribution in [3.8, 4) is 5.75 Å². The third kappa shape index (κ3) is 5.38. The summed E-state index contributed by atoms with van der Waals surface area (Å²) in [6, 6.07) is 9.45. The van der Waals surface area contributed by atoms with E-state index in [1.807, 2.05) is 30.3 Å². The highest BCUT2D eigenvalue weighted by Gasteiger charge is 2.31. The van der Waals surface area contributed by atoms with Crippen LogP contribution in [0.5, 0.6) is 5.75 Å². The molecule has 4 heterocycles. The third-order valence-corrected chi connectivity index (χ3v) is 7.90. The summed E-state index contributed by atoms with van der Waals surface area (Å²) in [7, 11) is 1.63. The predicted octanol–water partition coefficient (Wildman–Crippen LogP) is 4.08. The number of alkyl halides is 1. The van der Waals surface area contributed by atoms with Gasteiger partial charge in [-0.2, -0.15) is 0 Å². The van der Waals surface area contributed by atoms with E-state index in [1.54, 1.807) is 13.3 Å². The second-order valence-corrected chi connectivity index (χ2v) is 10.2. The molecule has 0 bridgehead atoms. The van der Waals surface area contributed by atoms with Gasteiger partial charge < -0.3 is 15.4 Å². The number of benzene rings is 1. The first kappa shape index (κ1) is 24.2. The van der Waals surface area contributed by atoms with Crippen molar-refractivity contribution in [2.24, 2.45) is 0 Å². The summed E-state index contributed by atoms with van der Waals surface area (Å²) >= 11 is 8.07. The molecule has 2 aliphatic heterocycles. The predicted molar refractivity (Wildman–Crippen MR) is 137 cm³/mol. The van der Waals surface area contributed by atoms with Crippen LogP contribution in [0.1, 0.15) is 17.7 Å². The van der Waals surface area contributed by atoms with Crippen LogP contribution < -0.4 is 15.4 Å². The SMILES string of the molecule is COc1ccc2ncc(Cl)c(CCN(Cc3ccc4c(n3)NC(=O)CS4)C3CCNCC3F)c2c1. The molecule has 3 aromatic rings. The van der Waals surface area contributed by atoms with Gasteiger partial charge in [-0.25, -0.2) is 9.37 Å². The molecule has 5 rings (SSSR count). The summed E-state index contributed by atoms with van der Waals surface area (Å²) in [4.78, 5) is 24.1. The molecule has 0 radical (unpaired) electrons. The lowest BCUT2D eigenvalue weighted by Crippen LogP contribution is -2.51. The second kappa shape index (κ2) is 10.7. The van der Waals surface area contributed by atoms with Crippen molar-refractivity contribution in [3.63, 3.8) is 0 Å². The molecule has 35 heavy (non-hydrogen) atoms. The number of piperidine rings is 1. The van der Waals surface area contributed by atoms with Gasteiger partial charge in [0.05, 0.1) is 34.0 Å². The van der Waals surface area contributed by atoms with E-state index in [9.17, 15) is 4.79 Å². The number of carbonyl (C=O) groups excluding carboxylic acids is 1. The van der Waals surface area contributed by atoms with Crippen molar-refractivity contribution >= 4 is 46.0 Å². The van der Waals surface area contributed by atoms with Crippen LogP contribution in [0.4, 0.5) is 10.2 Å².